The molecule has 0 N–H and O–H groups in total. The van der Waals surface area contributed by atoms with Crippen molar-refractivity contribution < 1.29 is 4.39 Å². The average Bonchev–Trinajstić information content (AvgIpc) is 2.31. The number of benzene rings is 1. The van der Waals surface area contributed by atoms with Crippen molar-refractivity contribution in [2.24, 2.45) is 0 Å². The van der Waals surface area contributed by atoms with Gasteiger partial charge in [-0.05, 0) is 31.0 Å². The van der Waals surface area contributed by atoms with Gasteiger partial charge in [0.15, 0.2) is 0 Å². The van der Waals surface area contributed by atoms with Crippen LogP contribution >= 0.6 is 11.6 Å². The highest BCUT2D eigenvalue weighted by molar-refractivity contribution is 6.30. The molecule has 0 saturated carbocycles. The highest BCUT2D eigenvalue weighted by Gasteiger charge is 2.02. The van der Waals surface area contributed by atoms with E-state index in [4.69, 9.17) is 11.6 Å². The molecule has 0 spiro atoms. The minimum atomic E-state index is -0.217. The summed E-state index contributed by atoms with van der Waals surface area (Å²) in [4.78, 5) is 8.36. The van der Waals surface area contributed by atoms with Crippen LogP contribution in [0.4, 0.5) is 4.39 Å². The lowest BCUT2D eigenvalue weighted by Crippen LogP contribution is -1.99. The zero-order chi connectivity index (χ0) is 12.3. The highest BCUT2D eigenvalue weighted by Crippen LogP contribution is 2.12. The summed E-state index contributed by atoms with van der Waals surface area (Å²) in [5.41, 5.74) is 1.80. The van der Waals surface area contributed by atoms with E-state index >= 15 is 0 Å². The fourth-order valence-corrected chi connectivity index (χ4v) is 1.67. The van der Waals surface area contributed by atoms with Crippen LogP contribution in [0.1, 0.15) is 17.0 Å². The molecule has 0 saturated heterocycles. The maximum atomic E-state index is 13.0. The molecule has 1 heterocycles. The van der Waals surface area contributed by atoms with Crippen molar-refractivity contribution in [2.45, 2.75) is 19.8 Å². The molecule has 88 valence electrons. The van der Waals surface area contributed by atoms with Crippen LogP contribution in [0.5, 0.6) is 0 Å². The summed E-state index contributed by atoms with van der Waals surface area (Å²) < 4.78 is 13.0. The molecule has 4 heteroatoms. The van der Waals surface area contributed by atoms with Crippen LogP contribution in [0.25, 0.3) is 0 Å². The van der Waals surface area contributed by atoms with Gasteiger partial charge in [0, 0.05) is 18.2 Å². The Morgan fingerprint density at radius 2 is 2.12 bits per heavy atom. The summed E-state index contributed by atoms with van der Waals surface area (Å²) in [5.74, 6) is 0.468. The van der Waals surface area contributed by atoms with Crippen molar-refractivity contribution in [2.75, 3.05) is 0 Å². The summed E-state index contributed by atoms with van der Waals surface area (Å²) in [5, 5.41) is 0.481. The summed E-state index contributed by atoms with van der Waals surface area (Å²) in [6, 6.07) is 6.55. The molecule has 0 aliphatic rings. The zero-order valence-corrected chi connectivity index (χ0v) is 10.2. The molecule has 2 nitrogen and oxygen atoms in total. The standard InChI is InChI=1S/C13H12ClFN2/c1-9-8-16-12(17-13(9)14)6-5-10-3-2-4-11(15)7-10/h2-4,7-8H,5-6H2,1H3. The van der Waals surface area contributed by atoms with E-state index in [1.165, 1.54) is 12.1 Å². The number of nitrogens with zero attached hydrogens (tertiary/aromatic N) is 2. The molecule has 1 aromatic carbocycles. The van der Waals surface area contributed by atoms with Gasteiger partial charge in [-0.1, -0.05) is 23.7 Å². The summed E-state index contributed by atoms with van der Waals surface area (Å²) in [6.45, 7) is 1.86. The van der Waals surface area contributed by atoms with E-state index in [9.17, 15) is 4.39 Å². The SMILES string of the molecule is Cc1cnc(CCc2cccc(F)c2)nc1Cl. The van der Waals surface area contributed by atoms with Gasteiger partial charge in [0.2, 0.25) is 0 Å². The molecule has 1 aromatic heterocycles. The molecule has 0 aliphatic carbocycles. The Hall–Kier alpha value is -1.48. The van der Waals surface area contributed by atoms with Gasteiger partial charge >= 0.3 is 0 Å². The van der Waals surface area contributed by atoms with Crippen LogP contribution in [0, 0.1) is 12.7 Å². The summed E-state index contributed by atoms with van der Waals surface area (Å²) in [7, 11) is 0. The molecule has 0 bridgehead atoms. The van der Waals surface area contributed by atoms with E-state index in [0.29, 0.717) is 23.8 Å². The van der Waals surface area contributed by atoms with Gasteiger partial charge in [-0.15, -0.1) is 0 Å². The second kappa shape index (κ2) is 5.23. The fourth-order valence-electron chi connectivity index (χ4n) is 1.52. The number of aromatic nitrogens is 2. The van der Waals surface area contributed by atoms with E-state index in [0.717, 1.165) is 11.1 Å². The second-order valence-corrected chi connectivity index (χ2v) is 4.25. The lowest BCUT2D eigenvalue weighted by atomic mass is 10.1. The molecule has 0 unspecified atom stereocenters. The van der Waals surface area contributed by atoms with Crippen LogP contribution in [-0.4, -0.2) is 9.97 Å². The van der Waals surface area contributed by atoms with Gasteiger partial charge in [-0.2, -0.15) is 0 Å². The Labute approximate surface area is 104 Å². The van der Waals surface area contributed by atoms with Crippen molar-refractivity contribution in [3.8, 4) is 0 Å². The third-order valence-corrected chi connectivity index (χ3v) is 2.87. The van der Waals surface area contributed by atoms with Gasteiger partial charge in [-0.3, -0.25) is 0 Å². The third-order valence-electron chi connectivity index (χ3n) is 2.49. The van der Waals surface area contributed by atoms with E-state index in [-0.39, 0.29) is 5.82 Å². The molecular weight excluding hydrogens is 239 g/mol. The van der Waals surface area contributed by atoms with Crippen molar-refractivity contribution in [1.82, 2.24) is 9.97 Å². The van der Waals surface area contributed by atoms with Crippen molar-refractivity contribution in [3.63, 3.8) is 0 Å². The molecule has 0 aliphatic heterocycles. The van der Waals surface area contributed by atoms with E-state index in [1.807, 2.05) is 13.0 Å². The van der Waals surface area contributed by atoms with Crippen LogP contribution in [0.3, 0.4) is 0 Å². The van der Waals surface area contributed by atoms with E-state index in [2.05, 4.69) is 9.97 Å². The van der Waals surface area contributed by atoms with Crippen molar-refractivity contribution in [1.29, 1.82) is 0 Å². The number of hydrogen-bond donors (Lipinski definition) is 0. The second-order valence-electron chi connectivity index (χ2n) is 3.89. The average molecular weight is 251 g/mol. The first-order valence-corrected chi connectivity index (χ1v) is 5.75. The normalized spacial score (nSPS) is 10.5. The molecule has 0 radical (unpaired) electrons. The predicted octanol–water partition coefficient (Wildman–Crippen LogP) is 3.36. The first kappa shape index (κ1) is 12.0. The lowest BCUT2D eigenvalue weighted by molar-refractivity contribution is 0.625. The lowest BCUT2D eigenvalue weighted by Gasteiger charge is -2.03. The van der Waals surface area contributed by atoms with Crippen molar-refractivity contribution in [3.05, 3.63) is 58.4 Å². The van der Waals surface area contributed by atoms with Crippen LogP contribution in [0.2, 0.25) is 5.15 Å². The van der Waals surface area contributed by atoms with Gasteiger partial charge in [0.05, 0.1) is 0 Å². The maximum absolute atomic E-state index is 13.0. The number of aryl methyl sites for hydroxylation is 3. The molecule has 2 aromatic rings. The third kappa shape index (κ3) is 3.24. The van der Waals surface area contributed by atoms with Crippen LogP contribution < -0.4 is 0 Å². The Balaban J connectivity index is 2.05. The van der Waals surface area contributed by atoms with Crippen LogP contribution in [-0.2, 0) is 12.8 Å². The first-order chi connectivity index (χ1) is 8.15. The minimum absolute atomic E-state index is 0.217. The number of halogens is 2. The van der Waals surface area contributed by atoms with Gasteiger partial charge < -0.3 is 0 Å². The van der Waals surface area contributed by atoms with Crippen molar-refractivity contribution >= 4 is 11.6 Å². The molecule has 0 atom stereocenters. The van der Waals surface area contributed by atoms with Gasteiger partial charge in [0.25, 0.3) is 0 Å². The van der Waals surface area contributed by atoms with Crippen LogP contribution in [0.15, 0.2) is 30.5 Å². The number of hydrogen-bond acceptors (Lipinski definition) is 2. The quantitative estimate of drug-likeness (QED) is 0.781. The Bertz CT molecular complexity index is 529. The van der Waals surface area contributed by atoms with Gasteiger partial charge in [-0.25, -0.2) is 14.4 Å². The minimum Gasteiger partial charge on any atom is -0.241 e. The zero-order valence-electron chi connectivity index (χ0n) is 9.45. The first-order valence-electron chi connectivity index (χ1n) is 5.37. The fraction of sp³-hybridized carbons (Fsp3) is 0.231. The smallest absolute Gasteiger partial charge is 0.135 e. The largest absolute Gasteiger partial charge is 0.241 e. The Morgan fingerprint density at radius 1 is 1.29 bits per heavy atom. The molecule has 2 rings (SSSR count). The van der Waals surface area contributed by atoms with E-state index < -0.39 is 0 Å². The molecule has 17 heavy (non-hydrogen) atoms. The topological polar surface area (TPSA) is 25.8 Å². The molecule has 0 amide bonds. The number of rotatable bonds is 3. The van der Waals surface area contributed by atoms with Gasteiger partial charge in [0.1, 0.15) is 16.8 Å². The molecule has 0 fully saturated rings. The highest BCUT2D eigenvalue weighted by atomic mass is 35.5. The Morgan fingerprint density at radius 3 is 2.82 bits per heavy atom. The predicted molar refractivity (Wildman–Crippen MR) is 65.6 cm³/mol. The molecular formula is C13H12ClFN2. The monoisotopic (exact) mass is 250 g/mol. The maximum Gasteiger partial charge on any atom is 0.135 e. The van der Waals surface area contributed by atoms with E-state index in [1.54, 1.807) is 12.3 Å². The Kier molecular flexibility index (Phi) is 3.69. The summed E-state index contributed by atoms with van der Waals surface area (Å²) in [6.07, 6.45) is 3.07. The summed E-state index contributed by atoms with van der Waals surface area (Å²) >= 11 is 5.91.